The van der Waals surface area contributed by atoms with Gasteiger partial charge in [0.15, 0.2) is 0 Å². The van der Waals surface area contributed by atoms with E-state index in [0.29, 0.717) is 69.4 Å². The van der Waals surface area contributed by atoms with E-state index in [9.17, 15) is 44.4 Å². The molecule has 0 spiro atoms. The SMILES string of the molecule is CNC(=O)NC(CCC(=O)NCCOCCOCCNS(=O)(=O)c1cccc([C@@H]2CN(C)Cc3c(Cl)cc(Cl)cc32)c1)(CCC(=O)NCCOCCOCCNS(=O)(=O)c1cccc([C@@H]2CN(C)Cc3c(Cl)cc(Cl)cc32)c1)CCC(=O)NCCOCCOCCNS(=O)(=O)c1cccc([C@@H]2CN(C)Cc3c(Cl)cc(Cl)cc32)c1. The van der Waals surface area contributed by atoms with E-state index in [4.69, 9.17) is 98.0 Å². The van der Waals surface area contributed by atoms with Gasteiger partial charge < -0.3 is 69.7 Å². The van der Waals surface area contributed by atoms with Crippen LogP contribution in [0.2, 0.25) is 30.1 Å². The summed E-state index contributed by atoms with van der Waals surface area (Å²) in [5, 5.41) is 17.1. The van der Waals surface area contributed by atoms with Gasteiger partial charge in [-0.15, -0.1) is 0 Å². The third-order valence-electron chi connectivity index (χ3n) is 19.7. The van der Waals surface area contributed by atoms with Gasteiger partial charge in [0.2, 0.25) is 47.8 Å². The molecule has 0 aliphatic carbocycles. The minimum absolute atomic E-state index is 0.00128. The summed E-state index contributed by atoms with van der Waals surface area (Å²) in [6, 6.07) is 30.6. The van der Waals surface area contributed by atoms with Gasteiger partial charge in [-0.3, -0.25) is 14.4 Å². The van der Waals surface area contributed by atoms with Crippen LogP contribution in [0.25, 0.3) is 0 Å². The van der Waals surface area contributed by atoms with E-state index >= 15 is 0 Å². The van der Waals surface area contributed by atoms with Crippen molar-refractivity contribution in [3.05, 3.63) is 189 Å². The molecule has 0 saturated heterocycles. The standard InChI is InChI=1S/C78H101Cl6N11O16S3/c1-85-77(99)92-78(17-14-74(96)86-20-26-106-32-35-109-29-23-89-112(100,101)59-11-5-8-53(38-59)65-47-93(2)50-68-62(65)41-56(79)44-71(68)82,18-15-75(97)87-21-27-107-33-36-110-30-24-90-113(102,103)60-12-6-9-54(39-60)66-48-94(3)51-69-63(66)42-57(80)45-72(69)83)19-16-76(98)88-22-28-108-34-37-111-31-25-91-114(104,105)61-13-7-10-55(40-61)67-49-95(4)52-70-64(67)43-58(81)46-73(70)84/h5-13,38-46,65-67,89-91H,14-37,47-52H2,1-4H3,(H,86,96)(H,87,97)(H,88,98)(H2,85,92,99)/t65-,66-,67-/m0/s1. The lowest BCUT2D eigenvalue weighted by molar-refractivity contribution is -0.121. The normalized spacial score (nSPS) is 16.2. The van der Waals surface area contributed by atoms with Crippen LogP contribution in [0, 0.1) is 0 Å². The molecule has 3 heterocycles. The Hall–Kier alpha value is -5.89. The molecule has 3 atom stereocenters. The Morgan fingerprint density at radius 2 is 0.667 bits per heavy atom. The summed E-state index contributed by atoms with van der Waals surface area (Å²) in [6.07, 6.45) is -0.240. The Balaban J connectivity index is 0.684. The molecule has 0 fully saturated rings. The van der Waals surface area contributed by atoms with Crippen LogP contribution in [-0.4, -0.2) is 236 Å². The zero-order chi connectivity index (χ0) is 82.0. The first-order chi connectivity index (χ1) is 54.5. The average Bonchev–Trinajstić information content (AvgIpc) is 0.781. The molecule has 0 aromatic heterocycles. The molecular formula is C78H101Cl6N11O16S3. The maximum Gasteiger partial charge on any atom is 0.314 e. The Morgan fingerprint density at radius 3 is 0.939 bits per heavy atom. The van der Waals surface area contributed by atoms with E-state index in [0.717, 1.165) is 50.1 Å². The molecule has 0 radical (unpaired) electrons. The maximum atomic E-state index is 13.4. The zero-order valence-corrected chi connectivity index (χ0v) is 71.2. The van der Waals surface area contributed by atoms with Crippen molar-refractivity contribution in [1.82, 2.24) is 55.4 Å². The van der Waals surface area contributed by atoms with E-state index in [-0.39, 0.29) is 207 Å². The summed E-state index contributed by atoms with van der Waals surface area (Å²) in [5.74, 6) is -1.61. The van der Waals surface area contributed by atoms with Crippen molar-refractivity contribution in [2.24, 2.45) is 0 Å². The second-order valence-electron chi connectivity index (χ2n) is 28.2. The number of rotatable bonds is 46. The molecule has 36 heteroatoms. The molecule has 114 heavy (non-hydrogen) atoms. The number of benzene rings is 6. The Bertz CT molecular complexity index is 4180. The third kappa shape index (κ3) is 27.9. The number of hydrogen-bond acceptors (Lipinski definition) is 19. The van der Waals surface area contributed by atoms with Crippen LogP contribution in [-0.2, 0) is 92.5 Å². The first kappa shape index (κ1) is 92.0. The van der Waals surface area contributed by atoms with Gasteiger partial charge in [-0.1, -0.05) is 106 Å². The van der Waals surface area contributed by atoms with Crippen LogP contribution >= 0.6 is 69.6 Å². The van der Waals surface area contributed by atoms with E-state index in [1.54, 1.807) is 54.6 Å². The van der Waals surface area contributed by atoms with Crippen molar-refractivity contribution in [3.8, 4) is 0 Å². The van der Waals surface area contributed by atoms with Gasteiger partial charge in [0.1, 0.15) is 0 Å². The van der Waals surface area contributed by atoms with E-state index in [1.807, 2.05) is 57.5 Å². The fraction of sp³-hybridized carbons (Fsp3) is 0.487. The number of likely N-dealkylation sites (N-methyl/N-ethyl adjacent to an activating group) is 3. The fourth-order valence-electron chi connectivity index (χ4n) is 14.0. The molecule has 5 amide bonds. The van der Waals surface area contributed by atoms with Crippen LogP contribution in [0.15, 0.2) is 124 Å². The van der Waals surface area contributed by atoms with Crippen molar-refractivity contribution in [2.75, 3.05) is 166 Å². The molecule has 0 bridgehead atoms. The highest BCUT2D eigenvalue weighted by atomic mass is 35.5. The highest BCUT2D eigenvalue weighted by molar-refractivity contribution is 7.90. The Kier molecular flexibility index (Phi) is 36.1. The summed E-state index contributed by atoms with van der Waals surface area (Å²) in [4.78, 5) is 60.2. The number of hydrogen-bond donors (Lipinski definition) is 8. The van der Waals surface area contributed by atoms with Gasteiger partial charge >= 0.3 is 6.03 Å². The van der Waals surface area contributed by atoms with E-state index in [1.165, 1.54) is 25.2 Å². The summed E-state index contributed by atoms with van der Waals surface area (Å²) in [7, 11) is -4.34. The van der Waals surface area contributed by atoms with E-state index < -0.39 is 41.6 Å². The largest absolute Gasteiger partial charge is 0.378 e. The second kappa shape index (κ2) is 44.8. The minimum atomic E-state index is -3.90. The van der Waals surface area contributed by atoms with Gasteiger partial charge in [-0.05, 0) is 163 Å². The molecule has 0 unspecified atom stereocenters. The number of urea groups is 1. The molecule has 27 nitrogen and oxygen atoms in total. The molecule has 9 rings (SSSR count). The number of carbonyl (C=O) groups excluding carboxylic acids is 4. The first-order valence-corrected chi connectivity index (χ1v) is 44.3. The van der Waals surface area contributed by atoms with Crippen LogP contribution in [0.1, 0.15) is 106 Å². The molecule has 624 valence electrons. The topological polar surface area (TPSA) is 332 Å². The number of nitrogens with one attached hydrogen (secondary N) is 8. The van der Waals surface area contributed by atoms with Gasteiger partial charge in [0.25, 0.3) is 0 Å². The molecule has 3 aliphatic heterocycles. The summed E-state index contributed by atoms with van der Waals surface area (Å²) in [6.45, 7) is 5.58. The highest BCUT2D eigenvalue weighted by Crippen LogP contribution is 2.42. The van der Waals surface area contributed by atoms with Crippen molar-refractivity contribution >= 4 is 123 Å². The quantitative estimate of drug-likeness (QED) is 0.0165. The van der Waals surface area contributed by atoms with Crippen molar-refractivity contribution in [2.45, 2.75) is 96.1 Å². The number of ether oxygens (including phenoxy) is 6. The number of fused-ring (bicyclic) bond motifs is 3. The number of nitrogens with zero attached hydrogens (tertiary/aromatic N) is 3. The van der Waals surface area contributed by atoms with Gasteiger partial charge in [-0.25, -0.2) is 44.2 Å². The zero-order valence-electron chi connectivity index (χ0n) is 64.2. The van der Waals surface area contributed by atoms with Crippen LogP contribution < -0.4 is 40.8 Å². The monoisotopic (exact) mass is 1750 g/mol. The minimum Gasteiger partial charge on any atom is -0.378 e. The Morgan fingerprint density at radius 1 is 0.395 bits per heavy atom. The molecule has 3 aliphatic rings. The second-order valence-corrected chi connectivity index (χ2v) is 36.1. The van der Waals surface area contributed by atoms with Crippen molar-refractivity contribution in [3.63, 3.8) is 0 Å². The lowest BCUT2D eigenvalue weighted by atomic mass is 9.83. The van der Waals surface area contributed by atoms with Gasteiger partial charge in [0, 0.05) is 158 Å². The number of carbonyl (C=O) groups is 4. The van der Waals surface area contributed by atoms with Crippen LogP contribution in [0.4, 0.5) is 4.79 Å². The van der Waals surface area contributed by atoms with Crippen LogP contribution in [0.5, 0.6) is 0 Å². The van der Waals surface area contributed by atoms with Crippen molar-refractivity contribution < 1.29 is 72.9 Å². The molecule has 6 aromatic rings. The lowest BCUT2D eigenvalue weighted by Crippen LogP contribution is -2.53. The Labute approximate surface area is 698 Å². The summed E-state index contributed by atoms with van der Waals surface area (Å²) < 4.78 is 122. The first-order valence-electron chi connectivity index (χ1n) is 37.6. The predicted octanol–water partition coefficient (Wildman–Crippen LogP) is 9.03. The third-order valence-corrected chi connectivity index (χ3v) is 25.8. The average molecular weight is 1760 g/mol. The number of halogens is 6. The maximum absolute atomic E-state index is 13.4. The van der Waals surface area contributed by atoms with Gasteiger partial charge in [-0.2, -0.15) is 0 Å². The summed E-state index contributed by atoms with van der Waals surface area (Å²) in [5.41, 5.74) is 6.92. The number of sulfonamides is 3. The predicted molar refractivity (Wildman–Crippen MR) is 441 cm³/mol. The van der Waals surface area contributed by atoms with Crippen LogP contribution in [0.3, 0.4) is 0 Å². The lowest BCUT2D eigenvalue weighted by Gasteiger charge is -2.35. The summed E-state index contributed by atoms with van der Waals surface area (Å²) >= 11 is 38.9. The van der Waals surface area contributed by atoms with Crippen molar-refractivity contribution in [1.29, 1.82) is 0 Å². The van der Waals surface area contributed by atoms with E-state index in [2.05, 4.69) is 55.4 Å². The highest BCUT2D eigenvalue weighted by Gasteiger charge is 2.36. The molecule has 8 N–H and O–H groups in total. The fourth-order valence-corrected chi connectivity index (χ4v) is 18.9. The molecule has 0 saturated carbocycles. The smallest absolute Gasteiger partial charge is 0.314 e. The van der Waals surface area contributed by atoms with Gasteiger partial charge in [0.05, 0.1) is 94.0 Å². The molecule has 6 aromatic carbocycles. The molecular weight excluding hydrogens is 1660 g/mol. The number of amides is 5.